The van der Waals surface area contributed by atoms with E-state index in [1.54, 1.807) is 24.0 Å². The van der Waals surface area contributed by atoms with Crippen LogP contribution in [-0.4, -0.2) is 14.8 Å². The van der Waals surface area contributed by atoms with Gasteiger partial charge in [-0.2, -0.15) is 5.10 Å². The Morgan fingerprint density at radius 3 is 3.08 bits per heavy atom. The lowest BCUT2D eigenvalue weighted by molar-refractivity contribution is 0.791. The number of nitrogens with zero attached hydrogens (tertiary/aromatic N) is 3. The van der Waals surface area contributed by atoms with Gasteiger partial charge in [-0.3, -0.25) is 0 Å². The first-order valence-corrected chi connectivity index (χ1v) is 3.80. The smallest absolute Gasteiger partial charge is 0.159 e. The average Bonchev–Trinajstić information content (AvgIpc) is 2.28. The van der Waals surface area contributed by atoms with Crippen LogP contribution in [0.4, 0.5) is 5.82 Å². The van der Waals surface area contributed by atoms with Crippen molar-refractivity contribution in [1.82, 2.24) is 14.8 Å². The van der Waals surface area contributed by atoms with Crippen molar-refractivity contribution in [2.24, 2.45) is 7.05 Å². The van der Waals surface area contributed by atoms with E-state index in [0.29, 0.717) is 10.8 Å². The minimum absolute atomic E-state index is 0.461. The summed E-state index contributed by atoms with van der Waals surface area (Å²) in [6, 6.07) is 1.76. The van der Waals surface area contributed by atoms with Gasteiger partial charge >= 0.3 is 0 Å². The van der Waals surface area contributed by atoms with Gasteiger partial charge in [-0.25, -0.2) is 9.67 Å². The van der Waals surface area contributed by atoms with Crippen molar-refractivity contribution in [1.29, 1.82) is 0 Å². The Morgan fingerprint density at radius 1 is 1.58 bits per heavy atom. The summed E-state index contributed by atoms with van der Waals surface area (Å²) in [5.74, 6) is 0.461. The zero-order valence-corrected chi connectivity index (χ0v) is 7.21. The van der Waals surface area contributed by atoms with Gasteiger partial charge in [0.2, 0.25) is 0 Å². The largest absolute Gasteiger partial charge is 0.382 e. The molecule has 2 aromatic rings. The Bertz CT molecular complexity index is 434. The van der Waals surface area contributed by atoms with Crippen LogP contribution in [-0.2, 0) is 7.05 Å². The van der Waals surface area contributed by atoms with Gasteiger partial charge in [0.05, 0.1) is 10.4 Å². The predicted octanol–water partition coefficient (Wildman–Crippen LogP) is 1.20. The lowest BCUT2D eigenvalue weighted by Gasteiger charge is -1.91. The van der Waals surface area contributed by atoms with E-state index in [1.165, 1.54) is 0 Å². The maximum Gasteiger partial charge on any atom is 0.159 e. The number of anilines is 1. The first kappa shape index (κ1) is 7.36. The van der Waals surface area contributed by atoms with Gasteiger partial charge in [-0.05, 0) is 6.07 Å². The summed E-state index contributed by atoms with van der Waals surface area (Å²) >= 11 is 5.74. The third-order valence-electron chi connectivity index (χ3n) is 1.67. The van der Waals surface area contributed by atoms with Crippen LogP contribution >= 0.6 is 11.6 Å². The van der Waals surface area contributed by atoms with Crippen LogP contribution in [0.3, 0.4) is 0 Å². The van der Waals surface area contributed by atoms with Crippen molar-refractivity contribution in [2.75, 3.05) is 5.73 Å². The van der Waals surface area contributed by atoms with E-state index in [9.17, 15) is 0 Å². The molecule has 0 aliphatic rings. The lowest BCUT2D eigenvalue weighted by Crippen LogP contribution is -1.92. The van der Waals surface area contributed by atoms with Gasteiger partial charge < -0.3 is 5.73 Å². The molecule has 5 heteroatoms. The minimum Gasteiger partial charge on any atom is -0.382 e. The monoisotopic (exact) mass is 182 g/mol. The van der Waals surface area contributed by atoms with E-state index >= 15 is 0 Å². The standard InChI is InChI=1S/C7H7ClN4/c1-12-7-5(6(9)11-12)2-4(8)3-10-7/h2-3H,1H3,(H2,9,11). The lowest BCUT2D eigenvalue weighted by atomic mass is 10.3. The molecule has 2 aromatic heterocycles. The van der Waals surface area contributed by atoms with Crippen molar-refractivity contribution in [3.05, 3.63) is 17.3 Å². The molecule has 0 aromatic carbocycles. The normalized spacial score (nSPS) is 10.8. The fourth-order valence-corrected chi connectivity index (χ4v) is 1.30. The Hall–Kier alpha value is -1.29. The van der Waals surface area contributed by atoms with Crippen LogP contribution in [0.25, 0.3) is 11.0 Å². The van der Waals surface area contributed by atoms with Crippen molar-refractivity contribution in [3.63, 3.8) is 0 Å². The van der Waals surface area contributed by atoms with Gasteiger partial charge in [0.1, 0.15) is 0 Å². The molecule has 0 aliphatic carbocycles. The highest BCUT2D eigenvalue weighted by molar-refractivity contribution is 6.31. The molecule has 0 aliphatic heterocycles. The third-order valence-corrected chi connectivity index (χ3v) is 1.88. The Labute approximate surface area is 73.9 Å². The second kappa shape index (κ2) is 2.35. The molecule has 2 rings (SSSR count). The number of halogens is 1. The van der Waals surface area contributed by atoms with Crippen molar-refractivity contribution >= 4 is 28.5 Å². The number of aromatic nitrogens is 3. The van der Waals surface area contributed by atoms with Crippen LogP contribution in [0.1, 0.15) is 0 Å². The topological polar surface area (TPSA) is 56.7 Å². The van der Waals surface area contributed by atoms with Gasteiger partial charge in [0.25, 0.3) is 0 Å². The van der Waals surface area contributed by atoms with Crippen molar-refractivity contribution < 1.29 is 0 Å². The first-order valence-electron chi connectivity index (χ1n) is 3.42. The number of nitrogen functional groups attached to an aromatic ring is 1. The molecule has 62 valence electrons. The number of nitrogens with two attached hydrogens (primary N) is 1. The van der Waals surface area contributed by atoms with Gasteiger partial charge in [0.15, 0.2) is 11.5 Å². The number of hydrogen-bond donors (Lipinski definition) is 1. The number of pyridine rings is 1. The molecular weight excluding hydrogens is 176 g/mol. The zero-order valence-electron chi connectivity index (χ0n) is 6.45. The highest BCUT2D eigenvalue weighted by Gasteiger charge is 2.05. The quantitative estimate of drug-likeness (QED) is 0.666. The summed E-state index contributed by atoms with van der Waals surface area (Å²) < 4.78 is 1.63. The number of hydrogen-bond acceptors (Lipinski definition) is 3. The minimum atomic E-state index is 0.461. The molecule has 0 amide bonds. The van der Waals surface area contributed by atoms with Gasteiger partial charge in [0, 0.05) is 13.2 Å². The number of fused-ring (bicyclic) bond motifs is 1. The summed E-state index contributed by atoms with van der Waals surface area (Å²) in [6.45, 7) is 0. The average molecular weight is 183 g/mol. The maximum absolute atomic E-state index is 5.74. The summed E-state index contributed by atoms with van der Waals surface area (Å²) in [6.07, 6.45) is 1.57. The zero-order chi connectivity index (χ0) is 8.72. The summed E-state index contributed by atoms with van der Waals surface area (Å²) in [5.41, 5.74) is 6.36. The van der Waals surface area contributed by atoms with E-state index in [-0.39, 0.29) is 0 Å². The second-order valence-electron chi connectivity index (χ2n) is 2.53. The number of aryl methyl sites for hydroxylation is 1. The molecule has 0 fully saturated rings. The van der Waals surface area contributed by atoms with E-state index in [0.717, 1.165) is 11.0 Å². The highest BCUT2D eigenvalue weighted by Crippen LogP contribution is 2.20. The Kier molecular flexibility index (Phi) is 1.44. The summed E-state index contributed by atoms with van der Waals surface area (Å²) in [4.78, 5) is 4.09. The molecule has 0 saturated carbocycles. The second-order valence-corrected chi connectivity index (χ2v) is 2.97. The van der Waals surface area contributed by atoms with Crippen molar-refractivity contribution in [2.45, 2.75) is 0 Å². The Balaban J connectivity index is 2.90. The number of rotatable bonds is 0. The van der Waals surface area contributed by atoms with Crippen LogP contribution in [0.2, 0.25) is 5.02 Å². The van der Waals surface area contributed by atoms with E-state index in [1.807, 2.05) is 0 Å². The highest BCUT2D eigenvalue weighted by atomic mass is 35.5. The van der Waals surface area contributed by atoms with Crippen LogP contribution in [0.15, 0.2) is 12.3 Å². The fraction of sp³-hybridized carbons (Fsp3) is 0.143. The molecule has 12 heavy (non-hydrogen) atoms. The molecule has 0 radical (unpaired) electrons. The summed E-state index contributed by atoms with van der Waals surface area (Å²) in [7, 11) is 1.79. The van der Waals surface area contributed by atoms with Crippen LogP contribution in [0.5, 0.6) is 0 Å². The van der Waals surface area contributed by atoms with E-state index in [4.69, 9.17) is 17.3 Å². The fourth-order valence-electron chi connectivity index (χ4n) is 1.14. The maximum atomic E-state index is 5.74. The van der Waals surface area contributed by atoms with Gasteiger partial charge in [-0.1, -0.05) is 11.6 Å². The molecule has 0 atom stereocenters. The molecule has 0 unspecified atom stereocenters. The third kappa shape index (κ3) is 0.921. The van der Waals surface area contributed by atoms with Crippen LogP contribution in [0, 0.1) is 0 Å². The molecule has 0 spiro atoms. The first-order chi connectivity index (χ1) is 5.68. The molecule has 4 nitrogen and oxygen atoms in total. The van der Waals surface area contributed by atoms with E-state index < -0.39 is 0 Å². The Morgan fingerprint density at radius 2 is 2.33 bits per heavy atom. The molecule has 0 saturated heterocycles. The van der Waals surface area contributed by atoms with Crippen LogP contribution < -0.4 is 5.73 Å². The molecule has 0 bridgehead atoms. The molecule has 2 N–H and O–H groups in total. The van der Waals surface area contributed by atoms with Gasteiger partial charge in [-0.15, -0.1) is 0 Å². The van der Waals surface area contributed by atoms with E-state index in [2.05, 4.69) is 10.1 Å². The molecular formula is C7H7ClN4. The summed E-state index contributed by atoms with van der Waals surface area (Å²) in [5, 5.41) is 5.37. The molecule has 2 heterocycles. The predicted molar refractivity (Wildman–Crippen MR) is 47.9 cm³/mol. The SMILES string of the molecule is Cn1nc(N)c2cc(Cl)cnc21. The van der Waals surface area contributed by atoms with Crippen molar-refractivity contribution in [3.8, 4) is 0 Å².